The molecule has 0 aromatic heterocycles. The molecule has 1 aromatic rings. The van der Waals surface area contributed by atoms with E-state index in [2.05, 4.69) is 63.1 Å². The van der Waals surface area contributed by atoms with E-state index < -0.39 is 8.07 Å². The highest BCUT2D eigenvalue weighted by atomic mass is 28.3. The molecular formula is C16H27NOSi. The summed E-state index contributed by atoms with van der Waals surface area (Å²) in [7, 11) is -1.18. The van der Waals surface area contributed by atoms with Crippen molar-refractivity contribution in [2.24, 2.45) is 5.41 Å². The number of benzene rings is 1. The molecule has 0 bridgehead atoms. The highest BCUT2D eigenvalue weighted by Gasteiger charge is 2.46. The van der Waals surface area contributed by atoms with E-state index in [9.17, 15) is 5.11 Å². The maximum absolute atomic E-state index is 9.73. The highest BCUT2D eigenvalue weighted by molar-refractivity contribution is 6.88. The molecule has 1 fully saturated rings. The molecule has 1 aliphatic rings. The molecule has 0 radical (unpaired) electrons. The van der Waals surface area contributed by atoms with Gasteiger partial charge in [-0.2, -0.15) is 0 Å². The van der Waals surface area contributed by atoms with Crippen LogP contribution in [0.15, 0.2) is 24.3 Å². The normalized spacial score (nSPS) is 26.0. The van der Waals surface area contributed by atoms with Gasteiger partial charge in [-0.3, -0.25) is 0 Å². The minimum Gasteiger partial charge on any atom is -0.392 e. The minimum absolute atomic E-state index is 0.0122. The zero-order valence-corrected chi connectivity index (χ0v) is 13.8. The Morgan fingerprint density at radius 2 is 1.79 bits per heavy atom. The smallest absolute Gasteiger partial charge is 0.0775 e. The van der Waals surface area contributed by atoms with Crippen LogP contribution in [-0.2, 0) is 6.54 Å². The van der Waals surface area contributed by atoms with Gasteiger partial charge in [-0.15, -0.1) is 0 Å². The van der Waals surface area contributed by atoms with Gasteiger partial charge in [0.2, 0.25) is 0 Å². The van der Waals surface area contributed by atoms with Crippen molar-refractivity contribution in [3.8, 4) is 0 Å². The van der Waals surface area contributed by atoms with E-state index in [1.54, 1.807) is 0 Å². The highest BCUT2D eigenvalue weighted by Crippen LogP contribution is 2.40. The summed E-state index contributed by atoms with van der Waals surface area (Å²) in [6.07, 6.45) is 0.722. The van der Waals surface area contributed by atoms with Gasteiger partial charge in [0.25, 0.3) is 0 Å². The molecular weight excluding hydrogens is 250 g/mol. The molecule has 2 nitrogen and oxygen atoms in total. The summed E-state index contributed by atoms with van der Waals surface area (Å²) >= 11 is 0. The SMILES string of the molecule is CC1(C)C(O)CC1NCc1ccc([Si](C)(C)C)cc1. The molecule has 1 saturated carbocycles. The lowest BCUT2D eigenvalue weighted by molar-refractivity contribution is -0.0729. The fourth-order valence-electron chi connectivity index (χ4n) is 2.61. The van der Waals surface area contributed by atoms with Gasteiger partial charge in [0.15, 0.2) is 0 Å². The van der Waals surface area contributed by atoms with Crippen LogP contribution in [0.25, 0.3) is 0 Å². The number of hydrogen-bond donors (Lipinski definition) is 2. The zero-order chi connectivity index (χ0) is 14.3. The van der Waals surface area contributed by atoms with Gasteiger partial charge in [0.05, 0.1) is 14.2 Å². The number of aliphatic hydroxyl groups is 1. The molecule has 2 atom stereocenters. The van der Waals surface area contributed by atoms with Crippen LogP contribution in [0, 0.1) is 5.41 Å². The second kappa shape index (κ2) is 5.04. The molecule has 3 heteroatoms. The summed E-state index contributed by atoms with van der Waals surface area (Å²) in [4.78, 5) is 0. The Kier molecular flexibility index (Phi) is 3.91. The number of nitrogens with one attached hydrogen (secondary N) is 1. The van der Waals surface area contributed by atoms with Crippen molar-refractivity contribution in [1.82, 2.24) is 5.32 Å². The predicted molar refractivity (Wildman–Crippen MR) is 84.5 cm³/mol. The topological polar surface area (TPSA) is 32.3 Å². The second-order valence-electron chi connectivity index (χ2n) is 7.45. The summed E-state index contributed by atoms with van der Waals surface area (Å²) in [5.41, 5.74) is 1.34. The summed E-state index contributed by atoms with van der Waals surface area (Å²) in [5.74, 6) is 0. The first kappa shape index (κ1) is 14.8. The average molecular weight is 277 g/mol. The van der Waals surface area contributed by atoms with E-state index in [-0.39, 0.29) is 11.5 Å². The molecule has 0 spiro atoms. The maximum Gasteiger partial charge on any atom is 0.0775 e. The first-order chi connectivity index (χ1) is 8.71. The van der Waals surface area contributed by atoms with E-state index in [1.807, 2.05) is 0 Å². The molecule has 2 unspecified atom stereocenters. The van der Waals surface area contributed by atoms with Crippen molar-refractivity contribution >= 4 is 13.3 Å². The lowest BCUT2D eigenvalue weighted by Gasteiger charge is -2.49. The minimum atomic E-state index is -1.18. The zero-order valence-electron chi connectivity index (χ0n) is 12.8. The van der Waals surface area contributed by atoms with Crippen LogP contribution < -0.4 is 10.5 Å². The average Bonchev–Trinajstić information content (AvgIpc) is 2.33. The third-order valence-corrected chi connectivity index (χ3v) is 6.65. The fourth-order valence-corrected chi connectivity index (χ4v) is 3.78. The molecule has 2 N–H and O–H groups in total. The predicted octanol–water partition coefficient (Wildman–Crippen LogP) is 2.48. The Morgan fingerprint density at radius 3 is 2.21 bits per heavy atom. The lowest BCUT2D eigenvalue weighted by Crippen LogP contribution is -2.59. The summed E-state index contributed by atoms with van der Waals surface area (Å²) < 4.78 is 0. The van der Waals surface area contributed by atoms with Crippen LogP contribution >= 0.6 is 0 Å². The molecule has 1 aliphatic carbocycles. The molecule has 0 aliphatic heterocycles. The van der Waals surface area contributed by atoms with Crippen molar-refractivity contribution in [2.45, 2.75) is 58.6 Å². The molecule has 0 saturated heterocycles. The molecule has 2 rings (SSSR count). The van der Waals surface area contributed by atoms with Gasteiger partial charge in [0, 0.05) is 18.0 Å². The van der Waals surface area contributed by atoms with Gasteiger partial charge in [0.1, 0.15) is 0 Å². The van der Waals surface area contributed by atoms with Gasteiger partial charge in [-0.1, -0.05) is 62.9 Å². The third kappa shape index (κ3) is 3.10. The summed E-state index contributed by atoms with van der Waals surface area (Å²) in [6, 6.07) is 9.47. The fraction of sp³-hybridized carbons (Fsp3) is 0.625. The van der Waals surface area contributed by atoms with Gasteiger partial charge >= 0.3 is 0 Å². The van der Waals surface area contributed by atoms with E-state index >= 15 is 0 Å². The largest absolute Gasteiger partial charge is 0.392 e. The number of aliphatic hydroxyl groups excluding tert-OH is 1. The van der Waals surface area contributed by atoms with Crippen LogP contribution in [0.3, 0.4) is 0 Å². The van der Waals surface area contributed by atoms with Crippen molar-refractivity contribution < 1.29 is 5.11 Å². The van der Waals surface area contributed by atoms with Crippen molar-refractivity contribution in [1.29, 1.82) is 0 Å². The van der Waals surface area contributed by atoms with Gasteiger partial charge < -0.3 is 10.4 Å². The van der Waals surface area contributed by atoms with Crippen LogP contribution in [-0.4, -0.2) is 25.3 Å². The number of hydrogen-bond acceptors (Lipinski definition) is 2. The Balaban J connectivity index is 1.91. The Bertz CT molecular complexity index is 433. The molecule has 106 valence electrons. The van der Waals surface area contributed by atoms with Gasteiger partial charge in [-0.05, 0) is 12.0 Å². The monoisotopic (exact) mass is 277 g/mol. The van der Waals surface area contributed by atoms with E-state index in [1.165, 1.54) is 10.8 Å². The van der Waals surface area contributed by atoms with E-state index in [4.69, 9.17) is 0 Å². The standard InChI is InChI=1S/C16H27NOSi/c1-16(2)14(10-15(16)18)17-11-12-6-8-13(9-7-12)19(3,4)5/h6-9,14-15,17-18H,10-11H2,1-5H3. The van der Waals surface area contributed by atoms with Crippen LogP contribution in [0.5, 0.6) is 0 Å². The van der Waals surface area contributed by atoms with Crippen LogP contribution in [0.1, 0.15) is 25.8 Å². The van der Waals surface area contributed by atoms with Crippen molar-refractivity contribution in [3.05, 3.63) is 29.8 Å². The van der Waals surface area contributed by atoms with Crippen molar-refractivity contribution in [3.63, 3.8) is 0 Å². The van der Waals surface area contributed by atoms with Crippen LogP contribution in [0.4, 0.5) is 0 Å². The quantitative estimate of drug-likeness (QED) is 0.829. The number of rotatable bonds is 4. The summed E-state index contributed by atoms with van der Waals surface area (Å²) in [6.45, 7) is 12.3. The third-order valence-electron chi connectivity index (χ3n) is 4.59. The van der Waals surface area contributed by atoms with E-state index in [0.717, 1.165) is 13.0 Å². The summed E-state index contributed by atoms with van der Waals surface area (Å²) in [5, 5.41) is 14.8. The first-order valence-electron chi connectivity index (χ1n) is 7.22. The Hall–Kier alpha value is -0.643. The van der Waals surface area contributed by atoms with E-state index in [0.29, 0.717) is 6.04 Å². The molecule has 0 heterocycles. The Labute approximate surface area is 118 Å². The maximum atomic E-state index is 9.73. The first-order valence-corrected chi connectivity index (χ1v) is 10.7. The molecule has 19 heavy (non-hydrogen) atoms. The lowest BCUT2D eigenvalue weighted by atomic mass is 9.64. The molecule has 1 aromatic carbocycles. The van der Waals surface area contributed by atoms with Crippen molar-refractivity contribution in [2.75, 3.05) is 0 Å². The van der Waals surface area contributed by atoms with Gasteiger partial charge in [-0.25, -0.2) is 0 Å². The second-order valence-corrected chi connectivity index (χ2v) is 12.5. The Morgan fingerprint density at radius 1 is 1.21 bits per heavy atom. The van der Waals surface area contributed by atoms with Crippen LogP contribution in [0.2, 0.25) is 19.6 Å². The molecule has 0 amide bonds.